The van der Waals surface area contributed by atoms with Crippen molar-refractivity contribution in [1.29, 1.82) is 0 Å². The Morgan fingerprint density at radius 3 is 2.96 bits per heavy atom. The number of fused-ring (bicyclic) bond motifs is 1. The van der Waals surface area contributed by atoms with E-state index in [-0.39, 0.29) is 12.5 Å². The minimum Gasteiger partial charge on any atom is -0.483 e. The Hall–Kier alpha value is -2.60. The van der Waals surface area contributed by atoms with Crippen LogP contribution in [0.15, 0.2) is 58.2 Å². The number of nitrogens with one attached hydrogen (secondary N) is 2. The fraction of sp³-hybridized carbons (Fsp3) is 0.200. The molecule has 6 heteroatoms. The second-order valence-electron chi connectivity index (χ2n) is 5.89. The van der Waals surface area contributed by atoms with E-state index in [4.69, 9.17) is 4.74 Å². The zero-order valence-electron chi connectivity index (χ0n) is 14.5. The van der Waals surface area contributed by atoms with E-state index in [1.807, 2.05) is 48.7 Å². The van der Waals surface area contributed by atoms with Crippen molar-refractivity contribution in [1.82, 2.24) is 10.4 Å². The molecule has 0 aliphatic carbocycles. The maximum atomic E-state index is 11.9. The summed E-state index contributed by atoms with van der Waals surface area (Å²) in [6.07, 6.45) is 5.57. The highest BCUT2D eigenvalue weighted by Gasteiger charge is 2.06. The zero-order valence-corrected chi connectivity index (χ0v) is 16.0. The van der Waals surface area contributed by atoms with Crippen molar-refractivity contribution in [3.05, 3.63) is 64.3 Å². The van der Waals surface area contributed by atoms with Crippen molar-refractivity contribution in [3.8, 4) is 5.75 Å². The summed E-state index contributed by atoms with van der Waals surface area (Å²) >= 11 is 3.48. The van der Waals surface area contributed by atoms with Gasteiger partial charge in [0, 0.05) is 22.7 Å². The third-order valence-corrected chi connectivity index (χ3v) is 4.53. The van der Waals surface area contributed by atoms with Gasteiger partial charge in [0.15, 0.2) is 6.61 Å². The average Bonchev–Trinajstić information content (AvgIpc) is 3.05. The van der Waals surface area contributed by atoms with Crippen LogP contribution in [0, 0.1) is 0 Å². The van der Waals surface area contributed by atoms with Gasteiger partial charge in [0.25, 0.3) is 5.91 Å². The monoisotopic (exact) mass is 413 g/mol. The number of para-hydroxylation sites is 1. The maximum Gasteiger partial charge on any atom is 0.277 e. The van der Waals surface area contributed by atoms with Gasteiger partial charge >= 0.3 is 0 Å². The number of carbonyl (C=O) groups is 1. The summed E-state index contributed by atoms with van der Waals surface area (Å²) in [5.74, 6) is 0.325. The molecule has 2 aromatic carbocycles. The number of hydrogen-bond donors (Lipinski definition) is 2. The van der Waals surface area contributed by atoms with Crippen molar-refractivity contribution in [3.63, 3.8) is 0 Å². The second-order valence-corrected chi connectivity index (χ2v) is 6.74. The molecule has 0 fully saturated rings. The summed E-state index contributed by atoms with van der Waals surface area (Å²) in [5.41, 5.74) is 5.66. The molecular formula is C20H20BrN3O2. The zero-order chi connectivity index (χ0) is 18.4. The number of benzene rings is 2. The summed E-state index contributed by atoms with van der Waals surface area (Å²) in [6.45, 7) is 2.04. The first-order valence-corrected chi connectivity index (χ1v) is 9.26. The number of amides is 1. The van der Waals surface area contributed by atoms with Crippen molar-refractivity contribution in [2.45, 2.75) is 19.8 Å². The van der Waals surface area contributed by atoms with Gasteiger partial charge in [-0.25, -0.2) is 5.43 Å². The Kier molecular flexibility index (Phi) is 6.07. The quantitative estimate of drug-likeness (QED) is 0.444. The highest BCUT2D eigenvalue weighted by Crippen LogP contribution is 2.26. The van der Waals surface area contributed by atoms with Gasteiger partial charge in [-0.3, -0.25) is 4.79 Å². The predicted octanol–water partition coefficient (Wildman–Crippen LogP) is 4.41. The van der Waals surface area contributed by atoms with Gasteiger partial charge in [0.1, 0.15) is 5.75 Å². The number of nitrogens with zero attached hydrogens (tertiary/aromatic N) is 1. The Balaban J connectivity index is 1.53. The Labute approximate surface area is 160 Å². The van der Waals surface area contributed by atoms with Crippen molar-refractivity contribution >= 4 is 39.0 Å². The fourth-order valence-corrected chi connectivity index (χ4v) is 3.20. The molecule has 3 aromatic rings. The molecule has 0 bridgehead atoms. The maximum absolute atomic E-state index is 11.9. The fourth-order valence-electron chi connectivity index (χ4n) is 2.66. The van der Waals surface area contributed by atoms with Crippen LogP contribution in [0.5, 0.6) is 5.75 Å². The number of halogens is 1. The lowest BCUT2D eigenvalue weighted by molar-refractivity contribution is -0.123. The number of rotatable bonds is 7. The van der Waals surface area contributed by atoms with Crippen molar-refractivity contribution in [2.75, 3.05) is 6.61 Å². The summed E-state index contributed by atoms with van der Waals surface area (Å²) < 4.78 is 6.40. The summed E-state index contributed by atoms with van der Waals surface area (Å²) in [4.78, 5) is 15.1. The second kappa shape index (κ2) is 8.67. The molecule has 0 saturated carbocycles. The summed E-state index contributed by atoms with van der Waals surface area (Å²) in [7, 11) is 0. The molecule has 0 aliphatic rings. The number of aromatic amines is 1. The SMILES string of the molecule is CCCc1ccc(OCC(=O)N/N=C/c2c[nH]c3ccccc23)c(Br)c1. The standard InChI is InChI=1S/C20H20BrN3O2/c1-2-5-14-8-9-19(17(21)10-14)26-13-20(25)24-23-12-15-11-22-18-7-4-3-6-16(15)18/h3-4,6-12,22H,2,5,13H2,1H3,(H,24,25)/b23-12+. The van der Waals surface area contributed by atoms with Crippen LogP contribution in [0.3, 0.4) is 0 Å². The Bertz CT molecular complexity index is 934. The predicted molar refractivity (Wildman–Crippen MR) is 108 cm³/mol. The molecule has 0 aliphatic heterocycles. The molecule has 0 saturated heterocycles. The molecular weight excluding hydrogens is 394 g/mol. The highest BCUT2D eigenvalue weighted by atomic mass is 79.9. The van der Waals surface area contributed by atoms with Crippen LogP contribution in [0.4, 0.5) is 0 Å². The molecule has 134 valence electrons. The van der Waals surface area contributed by atoms with Crippen LogP contribution in [0.1, 0.15) is 24.5 Å². The normalized spacial score (nSPS) is 11.2. The molecule has 0 unspecified atom stereocenters. The number of hydrazone groups is 1. The molecule has 1 amide bonds. The number of aryl methyl sites for hydroxylation is 1. The lowest BCUT2D eigenvalue weighted by Crippen LogP contribution is -2.24. The number of carbonyl (C=O) groups excluding carboxylic acids is 1. The van der Waals surface area contributed by atoms with Crippen LogP contribution >= 0.6 is 15.9 Å². The first-order valence-electron chi connectivity index (χ1n) is 8.46. The molecule has 1 heterocycles. The third-order valence-electron chi connectivity index (χ3n) is 3.91. The van der Waals surface area contributed by atoms with Gasteiger partial charge in [-0.05, 0) is 46.1 Å². The Morgan fingerprint density at radius 1 is 1.31 bits per heavy atom. The largest absolute Gasteiger partial charge is 0.483 e. The van der Waals surface area contributed by atoms with E-state index >= 15 is 0 Å². The number of ether oxygens (including phenoxy) is 1. The van der Waals surface area contributed by atoms with Crippen LogP contribution in [-0.4, -0.2) is 23.7 Å². The van der Waals surface area contributed by atoms with Gasteiger partial charge in [-0.2, -0.15) is 5.10 Å². The van der Waals surface area contributed by atoms with Crippen molar-refractivity contribution < 1.29 is 9.53 Å². The molecule has 26 heavy (non-hydrogen) atoms. The molecule has 0 spiro atoms. The van der Waals surface area contributed by atoms with E-state index in [9.17, 15) is 4.79 Å². The van der Waals surface area contributed by atoms with Gasteiger partial charge in [-0.1, -0.05) is 37.6 Å². The van der Waals surface area contributed by atoms with Gasteiger partial charge < -0.3 is 9.72 Å². The van der Waals surface area contributed by atoms with E-state index in [1.165, 1.54) is 5.56 Å². The molecule has 3 rings (SSSR count). The van der Waals surface area contributed by atoms with E-state index in [2.05, 4.69) is 38.4 Å². The van der Waals surface area contributed by atoms with Crippen LogP contribution in [0.25, 0.3) is 10.9 Å². The highest BCUT2D eigenvalue weighted by molar-refractivity contribution is 9.10. The number of hydrogen-bond acceptors (Lipinski definition) is 3. The number of aromatic nitrogens is 1. The Morgan fingerprint density at radius 2 is 2.15 bits per heavy atom. The van der Waals surface area contributed by atoms with Gasteiger partial charge in [0.2, 0.25) is 0 Å². The minimum absolute atomic E-state index is 0.100. The lowest BCUT2D eigenvalue weighted by Gasteiger charge is -2.08. The molecule has 0 radical (unpaired) electrons. The number of H-pyrrole nitrogens is 1. The smallest absolute Gasteiger partial charge is 0.277 e. The summed E-state index contributed by atoms with van der Waals surface area (Å²) in [5, 5.41) is 5.05. The molecule has 2 N–H and O–H groups in total. The first kappa shape index (κ1) is 18.2. The third kappa shape index (κ3) is 4.52. The lowest BCUT2D eigenvalue weighted by atomic mass is 10.1. The first-order chi connectivity index (χ1) is 12.7. The van der Waals surface area contributed by atoms with Crippen LogP contribution < -0.4 is 10.2 Å². The summed E-state index contributed by atoms with van der Waals surface area (Å²) in [6, 6.07) is 13.8. The van der Waals surface area contributed by atoms with Gasteiger partial charge in [-0.15, -0.1) is 0 Å². The minimum atomic E-state index is -0.314. The molecule has 1 aromatic heterocycles. The van der Waals surface area contributed by atoms with E-state index in [0.29, 0.717) is 5.75 Å². The van der Waals surface area contributed by atoms with Crippen molar-refractivity contribution in [2.24, 2.45) is 5.10 Å². The van der Waals surface area contributed by atoms with E-state index in [0.717, 1.165) is 33.8 Å². The van der Waals surface area contributed by atoms with E-state index < -0.39 is 0 Å². The topological polar surface area (TPSA) is 66.5 Å². The van der Waals surface area contributed by atoms with Crippen LogP contribution in [0.2, 0.25) is 0 Å². The molecule has 0 atom stereocenters. The molecule has 5 nitrogen and oxygen atoms in total. The van der Waals surface area contributed by atoms with Gasteiger partial charge in [0.05, 0.1) is 10.7 Å². The average molecular weight is 414 g/mol. The van der Waals surface area contributed by atoms with E-state index in [1.54, 1.807) is 6.21 Å². The van der Waals surface area contributed by atoms with Crippen LogP contribution in [-0.2, 0) is 11.2 Å².